The molecule has 2 N–H and O–H groups in total. The summed E-state index contributed by atoms with van der Waals surface area (Å²) in [5.74, 6) is 0.471. The number of benzene rings is 1. The number of piperidine rings is 1. The Morgan fingerprint density at radius 2 is 1.96 bits per heavy atom. The van der Waals surface area contributed by atoms with Crippen LogP contribution in [0.1, 0.15) is 51.0 Å². The van der Waals surface area contributed by atoms with Crippen molar-refractivity contribution in [2.45, 2.75) is 57.9 Å². The summed E-state index contributed by atoms with van der Waals surface area (Å²) in [5, 5.41) is 6.73. The Kier molecular flexibility index (Phi) is 7.12. The van der Waals surface area contributed by atoms with Gasteiger partial charge in [0.05, 0.1) is 0 Å². The van der Waals surface area contributed by atoms with E-state index in [1.54, 1.807) is 0 Å². The minimum atomic E-state index is 0. The monoisotopic (exact) mass is 350 g/mol. The van der Waals surface area contributed by atoms with Gasteiger partial charge in [-0.1, -0.05) is 43.2 Å². The maximum Gasteiger partial charge on any atom is 0.223 e. The molecule has 4 heteroatoms. The Labute approximate surface area is 152 Å². The summed E-state index contributed by atoms with van der Waals surface area (Å²) in [6.07, 6.45) is 8.12. The van der Waals surface area contributed by atoms with Crippen LogP contribution >= 0.6 is 12.4 Å². The third kappa shape index (κ3) is 4.97. The van der Waals surface area contributed by atoms with E-state index < -0.39 is 0 Å². The summed E-state index contributed by atoms with van der Waals surface area (Å²) in [7, 11) is 0. The smallest absolute Gasteiger partial charge is 0.223 e. The van der Waals surface area contributed by atoms with Gasteiger partial charge in [0.1, 0.15) is 0 Å². The Balaban J connectivity index is 0.00000208. The zero-order valence-corrected chi connectivity index (χ0v) is 15.5. The van der Waals surface area contributed by atoms with E-state index in [0.717, 1.165) is 32.4 Å². The SMILES string of the molecule is C[C@H]1C[C@@H](C(=O)NCC2(Cc3ccccc3)CCCC2)CCN1.Cl. The second-order valence-electron chi connectivity index (χ2n) is 7.66. The van der Waals surface area contributed by atoms with Crippen LogP contribution in [-0.2, 0) is 11.2 Å². The minimum absolute atomic E-state index is 0. The molecule has 3 rings (SSSR count). The highest BCUT2D eigenvalue weighted by Crippen LogP contribution is 2.40. The van der Waals surface area contributed by atoms with Crippen LogP contribution in [0, 0.1) is 11.3 Å². The maximum absolute atomic E-state index is 12.6. The van der Waals surface area contributed by atoms with E-state index in [-0.39, 0.29) is 29.6 Å². The number of nitrogens with one attached hydrogen (secondary N) is 2. The van der Waals surface area contributed by atoms with E-state index in [1.807, 2.05) is 0 Å². The van der Waals surface area contributed by atoms with Gasteiger partial charge in [-0.25, -0.2) is 0 Å². The molecule has 2 fully saturated rings. The third-order valence-corrected chi connectivity index (χ3v) is 5.72. The highest BCUT2D eigenvalue weighted by Gasteiger charge is 2.35. The van der Waals surface area contributed by atoms with Crippen molar-refractivity contribution in [3.05, 3.63) is 35.9 Å². The van der Waals surface area contributed by atoms with Gasteiger partial charge in [-0.05, 0) is 56.6 Å². The molecule has 1 saturated carbocycles. The number of hydrogen-bond acceptors (Lipinski definition) is 2. The number of hydrogen-bond donors (Lipinski definition) is 2. The summed E-state index contributed by atoms with van der Waals surface area (Å²) in [6, 6.07) is 11.2. The van der Waals surface area contributed by atoms with Crippen LogP contribution in [0.15, 0.2) is 30.3 Å². The average Bonchev–Trinajstić information content (AvgIpc) is 3.02. The van der Waals surface area contributed by atoms with E-state index in [1.165, 1.54) is 31.2 Å². The quantitative estimate of drug-likeness (QED) is 0.849. The van der Waals surface area contributed by atoms with E-state index in [2.05, 4.69) is 47.9 Å². The van der Waals surface area contributed by atoms with Crippen molar-refractivity contribution < 1.29 is 4.79 Å². The van der Waals surface area contributed by atoms with Crippen molar-refractivity contribution in [1.29, 1.82) is 0 Å². The van der Waals surface area contributed by atoms with Crippen molar-refractivity contribution in [3.63, 3.8) is 0 Å². The number of amides is 1. The Morgan fingerprint density at radius 3 is 2.62 bits per heavy atom. The third-order valence-electron chi connectivity index (χ3n) is 5.72. The molecule has 1 heterocycles. The first-order chi connectivity index (χ1) is 11.2. The first-order valence-electron chi connectivity index (χ1n) is 9.22. The van der Waals surface area contributed by atoms with Crippen molar-refractivity contribution in [3.8, 4) is 0 Å². The lowest BCUT2D eigenvalue weighted by Crippen LogP contribution is -2.45. The number of rotatable bonds is 5. The van der Waals surface area contributed by atoms with Gasteiger partial charge in [-0.2, -0.15) is 0 Å². The van der Waals surface area contributed by atoms with Gasteiger partial charge < -0.3 is 10.6 Å². The minimum Gasteiger partial charge on any atom is -0.355 e. The molecule has 1 aliphatic heterocycles. The lowest BCUT2D eigenvalue weighted by Gasteiger charge is -2.32. The fourth-order valence-corrected chi connectivity index (χ4v) is 4.36. The van der Waals surface area contributed by atoms with Crippen molar-refractivity contribution in [2.75, 3.05) is 13.1 Å². The van der Waals surface area contributed by atoms with Crippen LogP contribution in [0.3, 0.4) is 0 Å². The van der Waals surface area contributed by atoms with Crippen LogP contribution in [0.2, 0.25) is 0 Å². The molecule has 24 heavy (non-hydrogen) atoms. The fraction of sp³-hybridized carbons (Fsp3) is 0.650. The van der Waals surface area contributed by atoms with Crippen LogP contribution in [0.25, 0.3) is 0 Å². The lowest BCUT2D eigenvalue weighted by atomic mass is 9.79. The first-order valence-corrected chi connectivity index (χ1v) is 9.22. The Hall–Kier alpha value is -1.06. The summed E-state index contributed by atoms with van der Waals surface area (Å²) in [6.45, 7) is 3.99. The summed E-state index contributed by atoms with van der Waals surface area (Å²) >= 11 is 0. The van der Waals surface area contributed by atoms with E-state index >= 15 is 0 Å². The lowest BCUT2D eigenvalue weighted by molar-refractivity contribution is -0.126. The van der Waals surface area contributed by atoms with Gasteiger partial charge in [0, 0.05) is 18.5 Å². The van der Waals surface area contributed by atoms with Crippen molar-refractivity contribution in [2.24, 2.45) is 11.3 Å². The molecule has 1 aromatic carbocycles. The first kappa shape index (κ1) is 19.3. The van der Waals surface area contributed by atoms with E-state index in [0.29, 0.717) is 6.04 Å². The largest absolute Gasteiger partial charge is 0.355 e. The Morgan fingerprint density at radius 1 is 1.25 bits per heavy atom. The standard InChI is InChI=1S/C20H30N2O.ClH/c1-16-13-18(9-12-21-16)19(23)22-15-20(10-5-6-11-20)14-17-7-3-2-4-8-17;/h2-4,7-8,16,18,21H,5-6,9-15H2,1H3,(H,22,23);1H/t16-,18-;/m0./s1. The molecule has 3 nitrogen and oxygen atoms in total. The summed E-state index contributed by atoms with van der Waals surface area (Å²) < 4.78 is 0. The van der Waals surface area contributed by atoms with Gasteiger partial charge >= 0.3 is 0 Å². The molecule has 1 amide bonds. The molecule has 0 bridgehead atoms. The molecule has 0 unspecified atom stereocenters. The predicted molar refractivity (Wildman–Crippen MR) is 101 cm³/mol. The topological polar surface area (TPSA) is 41.1 Å². The predicted octanol–water partition coefficient (Wildman–Crippen LogP) is 3.72. The molecule has 1 saturated heterocycles. The molecule has 0 aromatic heterocycles. The zero-order chi connectivity index (χ0) is 16.1. The zero-order valence-electron chi connectivity index (χ0n) is 14.7. The molecule has 2 atom stereocenters. The van der Waals surface area contributed by atoms with Gasteiger partial charge in [0.25, 0.3) is 0 Å². The van der Waals surface area contributed by atoms with E-state index in [9.17, 15) is 4.79 Å². The maximum atomic E-state index is 12.6. The molecular formula is C20H31ClN2O. The van der Waals surface area contributed by atoms with Crippen LogP contribution in [-0.4, -0.2) is 25.0 Å². The van der Waals surface area contributed by atoms with Crippen molar-refractivity contribution >= 4 is 18.3 Å². The molecule has 1 aliphatic carbocycles. The molecule has 134 valence electrons. The van der Waals surface area contributed by atoms with Gasteiger partial charge in [0.2, 0.25) is 5.91 Å². The number of carbonyl (C=O) groups excluding carboxylic acids is 1. The fourth-order valence-electron chi connectivity index (χ4n) is 4.36. The highest BCUT2D eigenvalue weighted by atomic mass is 35.5. The number of halogens is 1. The average molecular weight is 351 g/mol. The molecular weight excluding hydrogens is 320 g/mol. The van der Waals surface area contributed by atoms with Gasteiger partial charge in [-0.15, -0.1) is 12.4 Å². The highest BCUT2D eigenvalue weighted by molar-refractivity contribution is 5.85. The van der Waals surface area contributed by atoms with Crippen LogP contribution in [0.4, 0.5) is 0 Å². The second kappa shape index (κ2) is 8.87. The molecule has 2 aliphatic rings. The Bertz CT molecular complexity index is 514. The van der Waals surface area contributed by atoms with Gasteiger partial charge in [-0.3, -0.25) is 4.79 Å². The van der Waals surface area contributed by atoms with Gasteiger partial charge in [0.15, 0.2) is 0 Å². The molecule has 1 aromatic rings. The second-order valence-corrected chi connectivity index (χ2v) is 7.66. The molecule has 0 radical (unpaired) electrons. The normalized spacial score (nSPS) is 25.7. The summed E-state index contributed by atoms with van der Waals surface area (Å²) in [4.78, 5) is 12.6. The van der Waals surface area contributed by atoms with Crippen molar-refractivity contribution in [1.82, 2.24) is 10.6 Å². The van der Waals surface area contributed by atoms with E-state index in [4.69, 9.17) is 0 Å². The van der Waals surface area contributed by atoms with Crippen LogP contribution < -0.4 is 10.6 Å². The van der Waals surface area contributed by atoms with Crippen LogP contribution in [0.5, 0.6) is 0 Å². The summed E-state index contributed by atoms with van der Waals surface area (Å²) in [5.41, 5.74) is 1.68. The molecule has 0 spiro atoms. The number of carbonyl (C=O) groups is 1.